The molecule has 4 rings (SSSR count). The summed E-state index contributed by atoms with van der Waals surface area (Å²) in [5.74, 6) is 0.262. The van der Waals surface area contributed by atoms with Crippen molar-refractivity contribution < 1.29 is 9.18 Å². The van der Waals surface area contributed by atoms with Crippen LogP contribution in [0.5, 0.6) is 0 Å². The second kappa shape index (κ2) is 10.5. The Morgan fingerprint density at radius 1 is 1.00 bits per heavy atom. The van der Waals surface area contributed by atoms with Crippen LogP contribution in [-0.4, -0.2) is 28.1 Å². The molecule has 5 nitrogen and oxygen atoms in total. The number of hydrazone groups is 1. The van der Waals surface area contributed by atoms with Crippen LogP contribution in [0.3, 0.4) is 0 Å². The molecule has 1 heterocycles. The predicted octanol–water partition coefficient (Wildman–Crippen LogP) is 5.37. The van der Waals surface area contributed by atoms with Crippen LogP contribution in [-0.2, 0) is 10.5 Å². The highest BCUT2D eigenvalue weighted by Gasteiger charge is 2.09. The first-order chi connectivity index (χ1) is 15.2. The lowest BCUT2D eigenvalue weighted by Crippen LogP contribution is -2.19. The zero-order valence-electron chi connectivity index (χ0n) is 16.2. The van der Waals surface area contributed by atoms with Gasteiger partial charge in [-0.15, -0.1) is 10.2 Å². The Bertz CT molecular complexity index is 1220. The van der Waals surface area contributed by atoms with Gasteiger partial charge in [-0.25, -0.2) is 9.82 Å². The first kappa shape index (κ1) is 21.5. The molecule has 4 aromatic rings. The Labute approximate surface area is 191 Å². The van der Waals surface area contributed by atoms with Crippen LogP contribution in [0.1, 0.15) is 11.1 Å². The van der Waals surface area contributed by atoms with Crippen LogP contribution in [0, 0.1) is 5.82 Å². The first-order valence-electron chi connectivity index (χ1n) is 9.31. The minimum Gasteiger partial charge on any atom is -0.272 e. The normalized spacial score (nSPS) is 11.3. The Morgan fingerprint density at radius 2 is 1.74 bits per heavy atom. The molecule has 1 amide bonds. The van der Waals surface area contributed by atoms with Crippen molar-refractivity contribution in [2.75, 3.05) is 5.75 Å². The molecular formula is C22H17FN4OS3. The molecule has 0 aliphatic rings. The minimum absolute atomic E-state index is 0.150. The van der Waals surface area contributed by atoms with E-state index in [-0.39, 0.29) is 11.7 Å². The molecule has 1 N–H and O–H groups in total. The van der Waals surface area contributed by atoms with Gasteiger partial charge in [0.25, 0.3) is 5.91 Å². The number of fused-ring (bicyclic) bond motifs is 1. The van der Waals surface area contributed by atoms with Crippen LogP contribution in [0.4, 0.5) is 4.39 Å². The smallest absolute Gasteiger partial charge is 0.250 e. The third-order valence-electron chi connectivity index (χ3n) is 4.24. The fraction of sp³-hybridized carbons (Fsp3) is 0.0909. The molecule has 0 aliphatic heterocycles. The van der Waals surface area contributed by atoms with Crippen molar-refractivity contribution in [2.45, 2.75) is 14.4 Å². The number of halogens is 1. The topological polar surface area (TPSA) is 67.2 Å². The van der Waals surface area contributed by atoms with Gasteiger partial charge < -0.3 is 0 Å². The maximum absolute atomic E-state index is 13.5. The van der Waals surface area contributed by atoms with Gasteiger partial charge in [0.1, 0.15) is 5.82 Å². The maximum Gasteiger partial charge on any atom is 0.250 e. The van der Waals surface area contributed by atoms with E-state index in [0.717, 1.165) is 10.1 Å². The van der Waals surface area contributed by atoms with Gasteiger partial charge in [-0.3, -0.25) is 4.79 Å². The van der Waals surface area contributed by atoms with Crippen molar-refractivity contribution >= 4 is 57.8 Å². The van der Waals surface area contributed by atoms with E-state index in [1.165, 1.54) is 51.7 Å². The summed E-state index contributed by atoms with van der Waals surface area (Å²) in [7, 11) is 0. The van der Waals surface area contributed by atoms with E-state index in [9.17, 15) is 9.18 Å². The highest BCUT2D eigenvalue weighted by Crippen LogP contribution is 2.32. The molecule has 9 heteroatoms. The molecule has 0 fully saturated rings. The molecule has 0 unspecified atom stereocenters. The number of nitrogens with zero attached hydrogens (tertiary/aromatic N) is 3. The molecule has 1 aromatic heterocycles. The lowest BCUT2D eigenvalue weighted by atomic mass is 10.1. The summed E-state index contributed by atoms with van der Waals surface area (Å²) in [6.45, 7) is 0. The Morgan fingerprint density at radius 3 is 2.61 bits per heavy atom. The highest BCUT2D eigenvalue weighted by atomic mass is 32.2. The second-order valence-corrected chi connectivity index (χ2v) is 9.79. The fourth-order valence-electron chi connectivity index (χ4n) is 2.78. The monoisotopic (exact) mass is 468 g/mol. The zero-order chi connectivity index (χ0) is 21.5. The number of aromatic nitrogens is 2. The van der Waals surface area contributed by atoms with E-state index in [0.29, 0.717) is 9.90 Å². The van der Waals surface area contributed by atoms with Gasteiger partial charge in [-0.1, -0.05) is 95.5 Å². The summed E-state index contributed by atoms with van der Waals surface area (Å²) in [5, 5.41) is 14.6. The van der Waals surface area contributed by atoms with Crippen molar-refractivity contribution in [1.29, 1.82) is 0 Å². The summed E-state index contributed by atoms with van der Waals surface area (Å²) in [5.41, 5.74) is 3.96. The minimum atomic E-state index is -0.391. The molecule has 3 aromatic carbocycles. The number of hydrogen-bond acceptors (Lipinski definition) is 7. The van der Waals surface area contributed by atoms with Crippen molar-refractivity contribution in [1.82, 2.24) is 15.6 Å². The van der Waals surface area contributed by atoms with Crippen molar-refractivity contribution in [3.63, 3.8) is 0 Å². The van der Waals surface area contributed by atoms with E-state index in [1.54, 1.807) is 30.0 Å². The average molecular weight is 469 g/mol. The molecule has 0 aliphatic carbocycles. The van der Waals surface area contributed by atoms with E-state index >= 15 is 0 Å². The molecule has 0 spiro atoms. The summed E-state index contributed by atoms with van der Waals surface area (Å²) in [6, 6.07) is 20.8. The van der Waals surface area contributed by atoms with Gasteiger partial charge in [0.05, 0.1) is 12.0 Å². The van der Waals surface area contributed by atoms with E-state index < -0.39 is 5.82 Å². The summed E-state index contributed by atoms with van der Waals surface area (Å²) >= 11 is 4.38. The Hall–Kier alpha value is -2.75. The molecule has 31 heavy (non-hydrogen) atoms. The molecule has 0 bridgehead atoms. The quantitative estimate of drug-likeness (QED) is 0.214. The number of carbonyl (C=O) groups excluding carboxylic acids is 1. The number of carbonyl (C=O) groups is 1. The van der Waals surface area contributed by atoms with Gasteiger partial charge >= 0.3 is 0 Å². The van der Waals surface area contributed by atoms with Crippen LogP contribution >= 0.6 is 34.9 Å². The summed E-state index contributed by atoms with van der Waals surface area (Å²) < 4.78 is 15.1. The Kier molecular flexibility index (Phi) is 7.29. The highest BCUT2D eigenvalue weighted by molar-refractivity contribution is 8.03. The van der Waals surface area contributed by atoms with Crippen LogP contribution in [0.2, 0.25) is 0 Å². The maximum atomic E-state index is 13.5. The lowest BCUT2D eigenvalue weighted by molar-refractivity contribution is -0.118. The lowest BCUT2D eigenvalue weighted by Gasteiger charge is -2.04. The molecule has 0 radical (unpaired) electrons. The Balaban J connectivity index is 1.26. The molecular weight excluding hydrogens is 451 g/mol. The predicted molar refractivity (Wildman–Crippen MR) is 126 cm³/mol. The van der Waals surface area contributed by atoms with Crippen molar-refractivity contribution in [2.24, 2.45) is 5.10 Å². The van der Waals surface area contributed by atoms with Crippen molar-refractivity contribution in [3.8, 4) is 0 Å². The molecule has 0 saturated heterocycles. The van der Waals surface area contributed by atoms with Gasteiger partial charge in [0, 0.05) is 11.3 Å². The number of nitrogens with one attached hydrogen (secondary N) is 1. The number of thioether (sulfide) groups is 2. The first-order valence-corrected chi connectivity index (χ1v) is 12.1. The second-order valence-electron chi connectivity index (χ2n) is 6.36. The SMILES string of the molecule is O=C(CSc1nnc(SCc2cccc3ccccc23)s1)N/N=C\c1ccccc1F. The number of hydrogen-bond donors (Lipinski definition) is 1. The van der Waals surface area contributed by atoms with Crippen LogP contribution < -0.4 is 5.43 Å². The standard InChI is InChI=1S/C22H17FN4OS3/c23-19-11-4-2-7-16(19)12-24-25-20(28)14-30-22-27-26-21(31-22)29-13-17-9-5-8-15-6-1-3-10-18(15)17/h1-12H,13-14H2,(H,25,28)/b24-12-. The van der Waals surface area contributed by atoms with E-state index in [4.69, 9.17) is 0 Å². The number of rotatable bonds is 8. The fourth-order valence-corrected chi connectivity index (χ4v) is 5.60. The molecule has 0 atom stereocenters. The number of benzene rings is 3. The van der Waals surface area contributed by atoms with Crippen molar-refractivity contribution in [3.05, 3.63) is 83.7 Å². The average Bonchev–Trinajstić information content (AvgIpc) is 3.25. The van der Waals surface area contributed by atoms with Crippen LogP contribution in [0.25, 0.3) is 10.8 Å². The molecule has 156 valence electrons. The number of amides is 1. The zero-order valence-corrected chi connectivity index (χ0v) is 18.6. The van der Waals surface area contributed by atoms with E-state index in [1.807, 2.05) is 12.1 Å². The van der Waals surface area contributed by atoms with Gasteiger partial charge in [-0.2, -0.15) is 5.10 Å². The van der Waals surface area contributed by atoms with Gasteiger partial charge in [0.2, 0.25) is 0 Å². The largest absolute Gasteiger partial charge is 0.272 e. The third-order valence-corrected chi connectivity index (χ3v) is 7.48. The summed E-state index contributed by atoms with van der Waals surface area (Å²) in [6.07, 6.45) is 1.28. The summed E-state index contributed by atoms with van der Waals surface area (Å²) in [4.78, 5) is 11.9. The van der Waals surface area contributed by atoms with Gasteiger partial charge in [0.15, 0.2) is 8.68 Å². The van der Waals surface area contributed by atoms with Crippen LogP contribution in [0.15, 0.2) is 80.5 Å². The molecule has 0 saturated carbocycles. The van der Waals surface area contributed by atoms with Gasteiger partial charge in [-0.05, 0) is 22.4 Å². The third kappa shape index (κ3) is 5.90. The van der Waals surface area contributed by atoms with E-state index in [2.05, 4.69) is 51.1 Å².